The lowest BCUT2D eigenvalue weighted by Gasteiger charge is -2.38. The van der Waals surface area contributed by atoms with Crippen molar-refractivity contribution in [2.45, 2.75) is 55.8 Å². The SMILES string of the molecule is Cc1c(-c2ccnn2-c2ccc(C#N)cc2)n(C(=O)N[C@H]2CC[C@H]([N+](C)(C)C)CC2)c(=O)n1-c1cccc(C(F)(F)F)c1.O=S(=O)([O-])c1ccccc1. The number of hydrogen-bond donors (Lipinski definition) is 1. The normalized spacial score (nSPS) is 16.3. The minimum absolute atomic E-state index is 0.0157. The van der Waals surface area contributed by atoms with Crippen molar-refractivity contribution in [3.8, 4) is 28.8 Å². The molecular formula is C37H38F3N7O5S. The van der Waals surface area contributed by atoms with E-state index in [1.807, 2.05) is 0 Å². The van der Waals surface area contributed by atoms with Crippen molar-refractivity contribution < 1.29 is 35.4 Å². The van der Waals surface area contributed by atoms with Crippen molar-refractivity contribution in [2.75, 3.05) is 21.1 Å². The summed E-state index contributed by atoms with van der Waals surface area (Å²) in [4.78, 5) is 27.7. The van der Waals surface area contributed by atoms with Gasteiger partial charge in [0.2, 0.25) is 0 Å². The van der Waals surface area contributed by atoms with Crippen LogP contribution in [0.5, 0.6) is 0 Å². The third-order valence-electron chi connectivity index (χ3n) is 9.20. The molecule has 1 amide bonds. The lowest BCUT2D eigenvalue weighted by Crippen LogP contribution is -2.50. The molecule has 1 aliphatic carbocycles. The van der Waals surface area contributed by atoms with Crippen LogP contribution in [0.3, 0.4) is 0 Å². The van der Waals surface area contributed by atoms with Gasteiger partial charge in [0.15, 0.2) is 0 Å². The fourth-order valence-corrected chi connectivity index (χ4v) is 6.90. The maximum Gasteiger partial charge on any atom is 0.416 e. The van der Waals surface area contributed by atoms with E-state index >= 15 is 0 Å². The number of nitrogens with zero attached hydrogens (tertiary/aromatic N) is 6. The molecule has 0 aliphatic heterocycles. The maximum atomic E-state index is 14.0. The maximum absolute atomic E-state index is 14.0. The molecule has 1 aliphatic rings. The van der Waals surface area contributed by atoms with E-state index in [0.717, 1.165) is 51.4 Å². The molecular weight excluding hydrogens is 712 g/mol. The van der Waals surface area contributed by atoms with Gasteiger partial charge in [0.05, 0.1) is 78.2 Å². The molecule has 0 unspecified atom stereocenters. The van der Waals surface area contributed by atoms with Gasteiger partial charge in [0.1, 0.15) is 15.8 Å². The van der Waals surface area contributed by atoms with Crippen molar-refractivity contribution >= 4 is 16.1 Å². The van der Waals surface area contributed by atoms with Gasteiger partial charge in [-0.05, 0) is 80.4 Å². The van der Waals surface area contributed by atoms with Crippen molar-refractivity contribution in [3.05, 3.63) is 118 Å². The molecule has 0 atom stereocenters. The topological polar surface area (TPSA) is 155 Å². The number of rotatable bonds is 6. The quantitative estimate of drug-likeness (QED) is 0.169. The molecule has 12 nitrogen and oxygen atoms in total. The minimum atomic E-state index is -4.62. The Morgan fingerprint density at radius 1 is 0.943 bits per heavy atom. The van der Waals surface area contributed by atoms with E-state index in [0.29, 0.717) is 23.0 Å². The Bertz CT molecular complexity index is 2290. The van der Waals surface area contributed by atoms with E-state index in [1.165, 1.54) is 47.3 Å². The van der Waals surface area contributed by atoms with Crippen molar-refractivity contribution in [2.24, 2.45) is 0 Å². The monoisotopic (exact) mass is 749 g/mol. The first kappa shape index (κ1) is 38.7. The summed E-state index contributed by atoms with van der Waals surface area (Å²) in [6.07, 6.45) is 0.194. The molecule has 278 valence electrons. The second-order valence-corrected chi connectivity index (χ2v) is 14.9. The van der Waals surface area contributed by atoms with Crippen molar-refractivity contribution in [3.63, 3.8) is 0 Å². The van der Waals surface area contributed by atoms with Gasteiger partial charge in [-0.25, -0.2) is 27.3 Å². The molecule has 2 heterocycles. The molecule has 0 spiro atoms. The zero-order chi connectivity index (χ0) is 38.7. The fraction of sp³-hybridized carbons (Fsp3) is 0.297. The smallest absolute Gasteiger partial charge is 0.416 e. The molecule has 53 heavy (non-hydrogen) atoms. The highest BCUT2D eigenvalue weighted by molar-refractivity contribution is 7.85. The average Bonchev–Trinajstić information content (AvgIpc) is 3.69. The predicted molar refractivity (Wildman–Crippen MR) is 189 cm³/mol. The van der Waals surface area contributed by atoms with E-state index in [2.05, 4.69) is 37.6 Å². The van der Waals surface area contributed by atoms with E-state index in [4.69, 9.17) is 0 Å². The predicted octanol–water partition coefficient (Wildman–Crippen LogP) is 5.86. The zero-order valence-corrected chi connectivity index (χ0v) is 30.2. The highest BCUT2D eigenvalue weighted by atomic mass is 32.2. The van der Waals surface area contributed by atoms with E-state index in [1.54, 1.807) is 43.3 Å². The van der Waals surface area contributed by atoms with Crippen LogP contribution in [0.2, 0.25) is 0 Å². The van der Waals surface area contributed by atoms with Crippen LogP contribution in [0.4, 0.5) is 18.0 Å². The Labute approximate surface area is 304 Å². The number of hydrogen-bond acceptors (Lipinski definition) is 7. The summed E-state index contributed by atoms with van der Waals surface area (Å²) in [6, 6.07) is 21.6. The molecule has 2 aromatic heterocycles. The summed E-state index contributed by atoms with van der Waals surface area (Å²) in [5.74, 6) is 0. The summed E-state index contributed by atoms with van der Waals surface area (Å²) in [7, 11) is 2.18. The molecule has 16 heteroatoms. The van der Waals surface area contributed by atoms with Gasteiger partial charge < -0.3 is 14.4 Å². The highest BCUT2D eigenvalue weighted by Crippen LogP contribution is 2.32. The number of carbonyl (C=O) groups is 1. The molecule has 3 aromatic carbocycles. The molecule has 5 aromatic rings. The summed E-state index contributed by atoms with van der Waals surface area (Å²) >= 11 is 0. The van der Waals surface area contributed by atoms with Gasteiger partial charge >= 0.3 is 17.9 Å². The second-order valence-electron chi connectivity index (χ2n) is 13.6. The third kappa shape index (κ3) is 8.76. The van der Waals surface area contributed by atoms with Gasteiger partial charge in [-0.15, -0.1) is 0 Å². The van der Waals surface area contributed by atoms with Gasteiger partial charge in [-0.1, -0.05) is 24.3 Å². The van der Waals surface area contributed by atoms with Crippen LogP contribution in [0.25, 0.3) is 22.8 Å². The Kier molecular flexibility index (Phi) is 11.1. The van der Waals surface area contributed by atoms with Crippen LogP contribution >= 0.6 is 0 Å². The first-order chi connectivity index (χ1) is 24.9. The Morgan fingerprint density at radius 2 is 1.58 bits per heavy atom. The van der Waals surface area contributed by atoms with Crippen LogP contribution in [0, 0.1) is 18.3 Å². The first-order valence-corrected chi connectivity index (χ1v) is 18.0. The molecule has 0 bridgehead atoms. The zero-order valence-electron chi connectivity index (χ0n) is 29.4. The number of nitriles is 1. The number of aromatic nitrogens is 4. The van der Waals surface area contributed by atoms with Crippen molar-refractivity contribution in [1.82, 2.24) is 24.2 Å². The molecule has 1 N–H and O–H groups in total. The number of benzene rings is 3. The Balaban J connectivity index is 0.000000469. The number of halogens is 3. The summed E-state index contributed by atoms with van der Waals surface area (Å²) < 4.78 is 76.0. The van der Waals surface area contributed by atoms with Crippen LogP contribution in [-0.2, 0) is 16.3 Å². The van der Waals surface area contributed by atoms with Crippen LogP contribution in [-0.4, -0.2) is 75.6 Å². The van der Waals surface area contributed by atoms with E-state index < -0.39 is 33.6 Å². The van der Waals surface area contributed by atoms with Crippen LogP contribution < -0.4 is 11.0 Å². The highest BCUT2D eigenvalue weighted by Gasteiger charge is 2.34. The Hall–Kier alpha value is -5.50. The van der Waals surface area contributed by atoms with Gasteiger partial charge in [0, 0.05) is 18.9 Å². The van der Waals surface area contributed by atoms with Crippen LogP contribution in [0.15, 0.2) is 101 Å². The standard InChI is InChI=1S/C31H32F3N7O2.C6H6O3S/c1-20-28(27-16-17-36-40(27)24-12-8-21(19-35)9-13-24)39(29(42)37-23-10-14-26(15-11-23)41(2,3)4)30(43)38(20)25-7-5-6-22(18-25)31(32,33)34;7-10(8,9)6-4-2-1-3-5-6/h5-9,12-13,16-18,23,26H,10-11,14-15H2,1-4H3;1-5H,(H,7,8,9)/t23-,26-;. The minimum Gasteiger partial charge on any atom is -0.744 e. The number of nitrogens with one attached hydrogen (secondary N) is 1. The Morgan fingerprint density at radius 3 is 2.13 bits per heavy atom. The molecule has 6 rings (SSSR count). The number of amides is 1. The summed E-state index contributed by atoms with van der Waals surface area (Å²) in [5, 5.41) is 16.6. The van der Waals surface area contributed by atoms with Crippen molar-refractivity contribution in [1.29, 1.82) is 5.26 Å². The van der Waals surface area contributed by atoms with Gasteiger partial charge in [-0.3, -0.25) is 4.57 Å². The van der Waals surface area contributed by atoms with Gasteiger partial charge in [-0.2, -0.15) is 23.5 Å². The summed E-state index contributed by atoms with van der Waals surface area (Å²) in [6.45, 7) is 1.59. The number of imidazole rings is 1. The average molecular weight is 750 g/mol. The lowest BCUT2D eigenvalue weighted by atomic mass is 9.89. The van der Waals surface area contributed by atoms with E-state index in [9.17, 15) is 41.0 Å². The van der Waals surface area contributed by atoms with Crippen LogP contribution in [0.1, 0.15) is 42.5 Å². The lowest BCUT2D eigenvalue weighted by molar-refractivity contribution is -0.897. The molecule has 1 saturated carbocycles. The van der Waals surface area contributed by atoms with E-state index in [-0.39, 0.29) is 28.0 Å². The van der Waals surface area contributed by atoms with Gasteiger partial charge in [0.25, 0.3) is 0 Å². The largest absolute Gasteiger partial charge is 0.744 e. The number of quaternary nitrogens is 1. The summed E-state index contributed by atoms with van der Waals surface area (Å²) in [5.41, 5.74) is 0.143. The first-order valence-electron chi connectivity index (χ1n) is 16.6. The molecule has 0 radical (unpaired) electrons. The number of carbonyl (C=O) groups excluding carboxylic acids is 1. The number of alkyl halides is 3. The second kappa shape index (κ2) is 15.2. The molecule has 0 saturated heterocycles. The fourth-order valence-electron chi connectivity index (χ4n) is 6.41. The third-order valence-corrected chi connectivity index (χ3v) is 10.0. The molecule has 1 fully saturated rings.